The van der Waals surface area contributed by atoms with Crippen molar-refractivity contribution in [1.29, 1.82) is 5.26 Å². The summed E-state index contributed by atoms with van der Waals surface area (Å²) >= 11 is 0. The number of hydrogen-bond acceptors (Lipinski definition) is 5. The Morgan fingerprint density at radius 1 is 1.25 bits per heavy atom. The maximum absolute atomic E-state index is 13.4. The molecule has 1 aromatic heterocycles. The molecule has 1 N–H and O–H groups in total. The Hall–Kier alpha value is -2.73. The first-order valence-electron chi connectivity index (χ1n) is 6.83. The van der Waals surface area contributed by atoms with Crippen LogP contribution in [0, 0.1) is 17.1 Å². The molecule has 5 nitrogen and oxygen atoms in total. The molecule has 1 unspecified atom stereocenters. The molecule has 1 aliphatic carbocycles. The zero-order valence-corrected chi connectivity index (χ0v) is 11.9. The third-order valence-corrected chi connectivity index (χ3v) is 3.56. The molecule has 2 aromatic rings. The van der Waals surface area contributed by atoms with E-state index in [9.17, 15) is 22.7 Å². The fourth-order valence-corrected chi connectivity index (χ4v) is 2.58. The SMILES string of the molecule is N#Cc1cc(F)cc(Oc2nnc(C(F)(F)F)c3c2CCC3O)c1. The third-order valence-electron chi connectivity index (χ3n) is 3.56. The van der Waals surface area contributed by atoms with Gasteiger partial charge in [0.15, 0.2) is 5.69 Å². The number of benzene rings is 1. The van der Waals surface area contributed by atoms with Crippen molar-refractivity contribution in [3.05, 3.63) is 46.4 Å². The number of aliphatic hydroxyl groups excluding tert-OH is 1. The van der Waals surface area contributed by atoms with Gasteiger partial charge in [0, 0.05) is 17.2 Å². The van der Waals surface area contributed by atoms with E-state index in [4.69, 9.17) is 10.00 Å². The highest BCUT2D eigenvalue weighted by atomic mass is 19.4. The van der Waals surface area contributed by atoms with Crippen molar-refractivity contribution in [2.24, 2.45) is 0 Å². The minimum atomic E-state index is -4.76. The highest BCUT2D eigenvalue weighted by Gasteiger charge is 2.42. The second-order valence-electron chi connectivity index (χ2n) is 5.19. The average Bonchev–Trinajstić information content (AvgIpc) is 2.88. The lowest BCUT2D eigenvalue weighted by molar-refractivity contribution is -0.143. The number of aliphatic hydroxyl groups is 1. The average molecular weight is 339 g/mol. The summed E-state index contributed by atoms with van der Waals surface area (Å²) in [7, 11) is 0. The van der Waals surface area contributed by atoms with Gasteiger partial charge in [-0.25, -0.2) is 4.39 Å². The normalized spacial score (nSPS) is 16.6. The number of fused-ring (bicyclic) bond motifs is 1. The topological polar surface area (TPSA) is 79.0 Å². The summed E-state index contributed by atoms with van der Waals surface area (Å²) in [4.78, 5) is 0. The van der Waals surface area contributed by atoms with Crippen molar-refractivity contribution < 1.29 is 27.4 Å². The number of alkyl halides is 3. The van der Waals surface area contributed by atoms with Gasteiger partial charge in [0.2, 0.25) is 5.88 Å². The summed E-state index contributed by atoms with van der Waals surface area (Å²) in [6.07, 6.45) is -5.88. The smallest absolute Gasteiger partial charge is 0.435 e. The molecule has 9 heteroatoms. The molecule has 1 atom stereocenters. The molecule has 0 spiro atoms. The van der Waals surface area contributed by atoms with E-state index in [0.29, 0.717) is 0 Å². The van der Waals surface area contributed by atoms with Gasteiger partial charge in [-0.15, -0.1) is 10.2 Å². The van der Waals surface area contributed by atoms with Crippen LogP contribution in [0.1, 0.15) is 34.9 Å². The zero-order valence-electron chi connectivity index (χ0n) is 11.9. The maximum atomic E-state index is 13.4. The van der Waals surface area contributed by atoms with Gasteiger partial charge in [0.05, 0.1) is 17.7 Å². The lowest BCUT2D eigenvalue weighted by Gasteiger charge is -2.15. The Kier molecular flexibility index (Phi) is 3.85. The van der Waals surface area contributed by atoms with Crippen molar-refractivity contribution in [2.75, 3.05) is 0 Å². The Morgan fingerprint density at radius 3 is 2.67 bits per heavy atom. The first-order valence-corrected chi connectivity index (χ1v) is 6.83. The molecule has 0 saturated carbocycles. The van der Waals surface area contributed by atoms with Crippen molar-refractivity contribution in [1.82, 2.24) is 10.2 Å². The first kappa shape index (κ1) is 16.1. The van der Waals surface area contributed by atoms with Crippen LogP contribution in [-0.2, 0) is 12.6 Å². The van der Waals surface area contributed by atoms with Crippen LogP contribution >= 0.6 is 0 Å². The standard InChI is InChI=1S/C15H9F4N3O2/c16-8-3-7(6-20)4-9(5-8)24-14-10-1-2-11(23)12(10)13(21-22-14)15(17,18)19/h3-5,11,23H,1-2H2. The number of ether oxygens (including phenoxy) is 1. The van der Waals surface area contributed by atoms with Crippen LogP contribution in [0.3, 0.4) is 0 Å². The molecular weight excluding hydrogens is 330 g/mol. The number of aromatic nitrogens is 2. The molecular formula is C15H9F4N3O2. The Morgan fingerprint density at radius 2 is 2.00 bits per heavy atom. The van der Waals surface area contributed by atoms with E-state index in [0.717, 1.165) is 12.1 Å². The van der Waals surface area contributed by atoms with Gasteiger partial charge in [-0.1, -0.05) is 0 Å². The zero-order chi connectivity index (χ0) is 17.5. The van der Waals surface area contributed by atoms with E-state index in [2.05, 4.69) is 10.2 Å². The summed E-state index contributed by atoms with van der Waals surface area (Å²) in [5.74, 6) is -1.08. The van der Waals surface area contributed by atoms with Crippen LogP contribution in [-0.4, -0.2) is 15.3 Å². The third kappa shape index (κ3) is 2.88. The highest BCUT2D eigenvalue weighted by molar-refractivity contribution is 5.45. The van der Waals surface area contributed by atoms with Gasteiger partial charge >= 0.3 is 6.18 Å². The van der Waals surface area contributed by atoms with E-state index in [-0.39, 0.29) is 41.2 Å². The molecule has 0 aliphatic heterocycles. The minimum Gasteiger partial charge on any atom is -0.437 e. The largest absolute Gasteiger partial charge is 0.437 e. The quantitative estimate of drug-likeness (QED) is 0.850. The van der Waals surface area contributed by atoms with E-state index in [1.54, 1.807) is 6.07 Å². The minimum absolute atomic E-state index is 0.0125. The molecule has 1 aromatic carbocycles. The van der Waals surface area contributed by atoms with Crippen LogP contribution in [0.2, 0.25) is 0 Å². The molecule has 3 rings (SSSR count). The van der Waals surface area contributed by atoms with E-state index in [1.165, 1.54) is 6.07 Å². The molecule has 1 aliphatic rings. The van der Waals surface area contributed by atoms with Crippen LogP contribution in [0.15, 0.2) is 18.2 Å². The number of rotatable bonds is 2. The summed E-state index contributed by atoms with van der Waals surface area (Å²) in [6, 6.07) is 4.92. The second kappa shape index (κ2) is 5.72. The molecule has 24 heavy (non-hydrogen) atoms. The number of hydrogen-bond donors (Lipinski definition) is 1. The molecule has 0 amide bonds. The van der Waals surface area contributed by atoms with Gasteiger partial charge in [-0.3, -0.25) is 0 Å². The van der Waals surface area contributed by atoms with E-state index in [1.807, 2.05) is 0 Å². The summed E-state index contributed by atoms with van der Waals surface area (Å²) < 4.78 is 57.7. The Balaban J connectivity index is 2.05. The van der Waals surface area contributed by atoms with Crippen molar-refractivity contribution in [3.8, 4) is 17.7 Å². The van der Waals surface area contributed by atoms with Gasteiger partial charge in [0.25, 0.3) is 0 Å². The fraction of sp³-hybridized carbons (Fsp3) is 0.267. The number of halogens is 4. The van der Waals surface area contributed by atoms with E-state index < -0.39 is 23.8 Å². The molecule has 0 fully saturated rings. The van der Waals surface area contributed by atoms with Gasteiger partial charge in [-0.2, -0.15) is 18.4 Å². The maximum Gasteiger partial charge on any atom is 0.435 e. The van der Waals surface area contributed by atoms with E-state index >= 15 is 0 Å². The summed E-state index contributed by atoms with van der Waals surface area (Å²) in [5.41, 5.74) is -1.56. The Bertz CT molecular complexity index is 846. The Labute approximate surface area is 133 Å². The van der Waals surface area contributed by atoms with Crippen LogP contribution in [0.4, 0.5) is 17.6 Å². The van der Waals surface area contributed by atoms with Crippen molar-refractivity contribution >= 4 is 0 Å². The monoisotopic (exact) mass is 339 g/mol. The fourth-order valence-electron chi connectivity index (χ4n) is 2.58. The van der Waals surface area contributed by atoms with Gasteiger partial charge in [0.1, 0.15) is 11.6 Å². The highest BCUT2D eigenvalue weighted by Crippen LogP contribution is 2.43. The van der Waals surface area contributed by atoms with Crippen molar-refractivity contribution in [2.45, 2.75) is 25.1 Å². The molecule has 0 saturated heterocycles. The van der Waals surface area contributed by atoms with Crippen LogP contribution < -0.4 is 4.74 Å². The molecule has 1 heterocycles. The molecule has 0 bridgehead atoms. The molecule has 0 radical (unpaired) electrons. The van der Waals surface area contributed by atoms with Gasteiger partial charge < -0.3 is 9.84 Å². The first-order chi connectivity index (χ1) is 11.3. The summed E-state index contributed by atoms with van der Waals surface area (Å²) in [5, 5.41) is 25.2. The predicted octanol–water partition coefficient (Wildman–Crippen LogP) is 3.28. The van der Waals surface area contributed by atoms with Crippen LogP contribution in [0.5, 0.6) is 11.6 Å². The second-order valence-corrected chi connectivity index (χ2v) is 5.19. The van der Waals surface area contributed by atoms with Crippen molar-refractivity contribution in [3.63, 3.8) is 0 Å². The van der Waals surface area contributed by atoms with Crippen LogP contribution in [0.25, 0.3) is 0 Å². The number of nitriles is 1. The predicted molar refractivity (Wildman–Crippen MR) is 71.5 cm³/mol. The number of nitrogens with zero attached hydrogens (tertiary/aromatic N) is 3. The lowest BCUT2D eigenvalue weighted by atomic mass is 10.1. The van der Waals surface area contributed by atoms with Gasteiger partial charge in [-0.05, 0) is 25.0 Å². The lowest BCUT2D eigenvalue weighted by Crippen LogP contribution is -2.15. The molecule has 124 valence electrons. The summed E-state index contributed by atoms with van der Waals surface area (Å²) in [6.45, 7) is 0.